The predicted octanol–water partition coefficient (Wildman–Crippen LogP) is 5.74. The number of halogens is 4. The van der Waals surface area contributed by atoms with Gasteiger partial charge in [0, 0.05) is 6.54 Å². The molecule has 37 heavy (non-hydrogen) atoms. The predicted molar refractivity (Wildman–Crippen MR) is 134 cm³/mol. The minimum absolute atomic E-state index is 0.337. The molecule has 0 radical (unpaired) electrons. The molecule has 0 saturated carbocycles. The Labute approximate surface area is 219 Å². The van der Waals surface area contributed by atoms with Crippen molar-refractivity contribution < 1.29 is 41.4 Å². The van der Waals surface area contributed by atoms with E-state index >= 15 is 0 Å². The number of anilines is 1. The molecule has 0 saturated heterocycles. The molecule has 0 spiro atoms. The molecule has 1 aliphatic heterocycles. The largest absolute Gasteiger partial charge is 0.481 e. The van der Waals surface area contributed by atoms with Gasteiger partial charge in [-0.05, 0) is 66.2 Å². The van der Waals surface area contributed by atoms with E-state index in [9.17, 15) is 27.2 Å². The van der Waals surface area contributed by atoms with E-state index in [0.29, 0.717) is 26.9 Å². The van der Waals surface area contributed by atoms with Gasteiger partial charge in [-0.15, -0.1) is 0 Å². The standard InChI is InChI=1S/C24H33F4N3O5S/c1-14-18(37)30-16-10-15(8-9-17(16)34-14)11-31(20(33)36-22(5,6)7)13-24(27,28)23(25,26)12-29-19(32)35-21(2,3)4/h8-10,14H,11-13H2,1-7H3,(H,29,32)(H,30,37)/t14-/m1/s1. The van der Waals surface area contributed by atoms with E-state index in [2.05, 4.69) is 5.32 Å². The fraction of sp³-hybridized carbons (Fsp3) is 0.625. The molecule has 8 nitrogen and oxygen atoms in total. The quantitative estimate of drug-likeness (QED) is 0.330. The van der Waals surface area contributed by atoms with Gasteiger partial charge in [0.25, 0.3) is 0 Å². The first kappa shape index (κ1) is 30.4. The molecule has 0 aliphatic carbocycles. The molecule has 2 N–H and O–H groups in total. The highest BCUT2D eigenvalue weighted by molar-refractivity contribution is 7.80. The van der Waals surface area contributed by atoms with Gasteiger partial charge in [0.15, 0.2) is 0 Å². The third-order valence-corrected chi connectivity index (χ3v) is 5.21. The Bertz CT molecular complexity index is 1020. The molecule has 208 valence electrons. The van der Waals surface area contributed by atoms with E-state index in [1.807, 2.05) is 0 Å². The fourth-order valence-corrected chi connectivity index (χ4v) is 3.23. The number of alkyl halides is 4. The lowest BCUT2D eigenvalue weighted by atomic mass is 10.1. The minimum Gasteiger partial charge on any atom is -0.481 e. The van der Waals surface area contributed by atoms with Gasteiger partial charge in [0.2, 0.25) is 0 Å². The Morgan fingerprint density at radius 2 is 1.65 bits per heavy atom. The first-order chi connectivity index (χ1) is 16.7. The van der Waals surface area contributed by atoms with E-state index < -0.39 is 54.9 Å². The topological polar surface area (TPSA) is 89.1 Å². The molecule has 0 unspecified atom stereocenters. The van der Waals surface area contributed by atoms with Gasteiger partial charge in [-0.1, -0.05) is 18.3 Å². The summed E-state index contributed by atoms with van der Waals surface area (Å²) < 4.78 is 74.5. The number of thiocarbonyl (C=S) groups is 1. The third-order valence-electron chi connectivity index (χ3n) is 4.78. The lowest BCUT2D eigenvalue weighted by Crippen LogP contribution is -2.56. The zero-order valence-electron chi connectivity index (χ0n) is 21.8. The summed E-state index contributed by atoms with van der Waals surface area (Å²) in [6, 6.07) is 4.59. The second-order valence-electron chi connectivity index (χ2n) is 10.7. The number of hydrogen-bond donors (Lipinski definition) is 2. The van der Waals surface area contributed by atoms with Gasteiger partial charge >= 0.3 is 24.0 Å². The number of carbonyl (C=O) groups is 2. The summed E-state index contributed by atoms with van der Waals surface area (Å²) in [6.07, 6.45) is -2.86. The van der Waals surface area contributed by atoms with Gasteiger partial charge in [-0.25, -0.2) is 9.59 Å². The van der Waals surface area contributed by atoms with Gasteiger partial charge in [0.05, 0.1) is 18.8 Å². The van der Waals surface area contributed by atoms with Crippen LogP contribution >= 0.6 is 12.2 Å². The zero-order valence-corrected chi connectivity index (χ0v) is 22.7. The monoisotopic (exact) mass is 551 g/mol. The van der Waals surface area contributed by atoms with Crippen molar-refractivity contribution >= 4 is 35.1 Å². The highest BCUT2D eigenvalue weighted by atomic mass is 32.1. The van der Waals surface area contributed by atoms with Gasteiger partial charge in [0.1, 0.15) is 28.0 Å². The third kappa shape index (κ3) is 8.90. The molecule has 1 aromatic carbocycles. The molecule has 1 atom stereocenters. The van der Waals surface area contributed by atoms with E-state index in [1.165, 1.54) is 53.7 Å². The van der Waals surface area contributed by atoms with E-state index in [4.69, 9.17) is 26.4 Å². The molecule has 1 aromatic rings. The number of hydrogen-bond acceptors (Lipinski definition) is 6. The van der Waals surface area contributed by atoms with Crippen molar-refractivity contribution in [3.05, 3.63) is 23.8 Å². The van der Waals surface area contributed by atoms with Gasteiger partial charge in [-0.3, -0.25) is 4.90 Å². The van der Waals surface area contributed by atoms with Crippen LogP contribution in [0.25, 0.3) is 0 Å². The van der Waals surface area contributed by atoms with Crippen LogP contribution in [-0.4, -0.2) is 64.3 Å². The maximum atomic E-state index is 14.9. The maximum absolute atomic E-state index is 14.9. The molecule has 0 aromatic heterocycles. The van der Waals surface area contributed by atoms with E-state index in [1.54, 1.807) is 18.3 Å². The molecule has 0 fully saturated rings. The Balaban J connectivity index is 2.24. The Hall–Kier alpha value is -2.83. The zero-order chi connectivity index (χ0) is 28.4. The van der Waals surface area contributed by atoms with Crippen LogP contribution in [0, 0.1) is 0 Å². The normalized spacial score (nSPS) is 16.2. The number of nitrogens with one attached hydrogen (secondary N) is 2. The van der Waals surface area contributed by atoms with Gasteiger partial charge < -0.3 is 24.8 Å². The van der Waals surface area contributed by atoms with Crippen LogP contribution in [0.2, 0.25) is 0 Å². The second-order valence-corrected chi connectivity index (χ2v) is 11.1. The summed E-state index contributed by atoms with van der Waals surface area (Å²) in [6.45, 7) is 6.92. The molecular weight excluding hydrogens is 518 g/mol. The summed E-state index contributed by atoms with van der Waals surface area (Å²) in [7, 11) is 0. The minimum atomic E-state index is -4.73. The highest BCUT2D eigenvalue weighted by Crippen LogP contribution is 2.36. The van der Waals surface area contributed by atoms with Crippen LogP contribution in [-0.2, 0) is 16.0 Å². The Kier molecular flexibility index (Phi) is 8.94. The first-order valence-corrected chi connectivity index (χ1v) is 11.9. The number of ether oxygens (including phenoxy) is 3. The first-order valence-electron chi connectivity index (χ1n) is 11.5. The van der Waals surface area contributed by atoms with Crippen LogP contribution in [0.1, 0.15) is 54.0 Å². The number of nitrogens with zero attached hydrogens (tertiary/aromatic N) is 1. The summed E-state index contributed by atoms with van der Waals surface area (Å²) in [5.74, 6) is -8.98. The van der Waals surface area contributed by atoms with Crippen LogP contribution in [0.3, 0.4) is 0 Å². The average molecular weight is 552 g/mol. The number of alkyl carbamates (subject to hydrolysis) is 1. The van der Waals surface area contributed by atoms with Crippen molar-refractivity contribution in [1.82, 2.24) is 10.2 Å². The van der Waals surface area contributed by atoms with Crippen molar-refractivity contribution in [1.29, 1.82) is 0 Å². The molecular formula is C24H33F4N3O5S. The van der Waals surface area contributed by atoms with Crippen LogP contribution in [0.5, 0.6) is 5.75 Å². The molecule has 1 aliphatic rings. The fourth-order valence-electron chi connectivity index (χ4n) is 3.07. The molecule has 1 heterocycles. The van der Waals surface area contributed by atoms with Crippen molar-refractivity contribution in [3.63, 3.8) is 0 Å². The molecule has 2 rings (SSSR count). The van der Waals surface area contributed by atoms with Crippen LogP contribution in [0.4, 0.5) is 32.8 Å². The lowest BCUT2D eigenvalue weighted by Gasteiger charge is -2.33. The summed E-state index contributed by atoms with van der Waals surface area (Å²) in [5, 5.41) is 4.62. The van der Waals surface area contributed by atoms with Crippen molar-refractivity contribution in [2.24, 2.45) is 0 Å². The van der Waals surface area contributed by atoms with Crippen LogP contribution in [0.15, 0.2) is 18.2 Å². The van der Waals surface area contributed by atoms with Crippen molar-refractivity contribution in [2.75, 3.05) is 18.4 Å². The van der Waals surface area contributed by atoms with Crippen LogP contribution < -0.4 is 15.4 Å². The lowest BCUT2D eigenvalue weighted by molar-refractivity contribution is -0.211. The molecule has 2 amide bonds. The van der Waals surface area contributed by atoms with Crippen molar-refractivity contribution in [2.45, 2.75) is 84.2 Å². The van der Waals surface area contributed by atoms with Crippen molar-refractivity contribution in [3.8, 4) is 5.75 Å². The van der Waals surface area contributed by atoms with E-state index in [-0.39, 0.29) is 6.10 Å². The number of benzene rings is 1. The number of fused-ring (bicyclic) bond motifs is 1. The Morgan fingerprint density at radius 3 is 2.22 bits per heavy atom. The second kappa shape index (κ2) is 10.9. The maximum Gasteiger partial charge on any atom is 0.410 e. The molecule has 0 bridgehead atoms. The smallest absolute Gasteiger partial charge is 0.410 e. The van der Waals surface area contributed by atoms with Gasteiger partial charge in [-0.2, -0.15) is 17.6 Å². The molecule has 13 heteroatoms. The summed E-state index contributed by atoms with van der Waals surface area (Å²) >= 11 is 5.18. The SMILES string of the molecule is C[C@H]1Oc2ccc(CN(CC(F)(F)C(F)(F)CNC(=O)OC(C)(C)C)C(=O)OC(C)(C)C)cc2NC1=S. The number of amides is 2. The number of carbonyl (C=O) groups excluding carboxylic acids is 2. The van der Waals surface area contributed by atoms with E-state index in [0.717, 1.165) is 0 Å². The Morgan fingerprint density at radius 1 is 1.05 bits per heavy atom. The number of rotatable bonds is 7. The summed E-state index contributed by atoms with van der Waals surface area (Å²) in [4.78, 5) is 25.3. The highest BCUT2D eigenvalue weighted by Gasteiger charge is 2.57. The average Bonchev–Trinajstić information content (AvgIpc) is 2.70. The summed E-state index contributed by atoms with van der Waals surface area (Å²) in [5.41, 5.74) is -1.29.